The molecular formula is C23H29N3O6S. The van der Waals surface area contributed by atoms with Crippen molar-refractivity contribution in [3.05, 3.63) is 59.7 Å². The number of hydrogen-bond acceptors (Lipinski definition) is 6. The maximum Gasteiger partial charge on any atom is 0.410 e. The van der Waals surface area contributed by atoms with Crippen molar-refractivity contribution >= 4 is 33.5 Å². The van der Waals surface area contributed by atoms with E-state index in [1.54, 1.807) is 62.1 Å². The minimum Gasteiger partial charge on any atom is -0.478 e. The van der Waals surface area contributed by atoms with Crippen LogP contribution in [0.5, 0.6) is 0 Å². The zero-order valence-electron chi connectivity index (χ0n) is 18.9. The van der Waals surface area contributed by atoms with Gasteiger partial charge in [0.1, 0.15) is 5.60 Å². The highest BCUT2D eigenvalue weighted by Gasteiger charge is 2.27. The fourth-order valence-electron chi connectivity index (χ4n) is 3.48. The molecule has 1 heterocycles. The Balaban J connectivity index is 1.79. The summed E-state index contributed by atoms with van der Waals surface area (Å²) in [5.74, 6) is -1.39. The average Bonchev–Trinajstić information content (AvgIpc) is 2.72. The highest BCUT2D eigenvalue weighted by molar-refractivity contribution is 7.91. The highest BCUT2D eigenvalue weighted by Crippen LogP contribution is 2.30. The summed E-state index contributed by atoms with van der Waals surface area (Å²) in [6.07, 6.45) is -0.396. The largest absolute Gasteiger partial charge is 0.478 e. The number of benzene rings is 2. The van der Waals surface area contributed by atoms with Crippen molar-refractivity contribution in [2.75, 3.05) is 35.8 Å². The molecule has 0 spiro atoms. The number of nitrogens with one attached hydrogen (secondary N) is 1. The van der Waals surface area contributed by atoms with Crippen LogP contribution in [-0.4, -0.2) is 62.3 Å². The molecule has 0 aromatic heterocycles. The molecule has 0 atom stereocenters. The van der Waals surface area contributed by atoms with E-state index in [-0.39, 0.29) is 17.0 Å². The Morgan fingerprint density at radius 1 is 1.03 bits per heavy atom. The van der Waals surface area contributed by atoms with Crippen molar-refractivity contribution in [3.63, 3.8) is 0 Å². The van der Waals surface area contributed by atoms with Crippen LogP contribution < -0.4 is 9.62 Å². The lowest BCUT2D eigenvalue weighted by molar-refractivity contribution is 0.0240. The standard InChI is InChI=1S/C23H29N3O6S/c1-23(2,3)32-22(29)26-13-11-25(12-14-26)20-10-9-18(21(27)28)15-19(20)24-33(30,31)16-17-7-5-4-6-8-17/h4-10,15,24H,11-14,16H2,1-3H3,(H,27,28). The smallest absolute Gasteiger partial charge is 0.410 e. The molecule has 2 aromatic rings. The van der Waals surface area contributed by atoms with E-state index in [0.29, 0.717) is 37.4 Å². The lowest BCUT2D eigenvalue weighted by Crippen LogP contribution is -2.50. The third kappa shape index (κ3) is 6.85. The molecule has 1 fully saturated rings. The maximum atomic E-state index is 12.8. The molecule has 0 aliphatic carbocycles. The van der Waals surface area contributed by atoms with E-state index >= 15 is 0 Å². The number of carbonyl (C=O) groups excluding carboxylic acids is 1. The number of nitrogens with zero attached hydrogens (tertiary/aromatic N) is 2. The SMILES string of the molecule is CC(C)(C)OC(=O)N1CCN(c2ccc(C(=O)O)cc2NS(=O)(=O)Cc2ccccc2)CC1. The van der Waals surface area contributed by atoms with Gasteiger partial charge in [-0.05, 0) is 44.5 Å². The normalized spacial score (nSPS) is 14.6. The van der Waals surface area contributed by atoms with Crippen molar-refractivity contribution in [1.29, 1.82) is 0 Å². The monoisotopic (exact) mass is 475 g/mol. The van der Waals surface area contributed by atoms with Gasteiger partial charge < -0.3 is 19.6 Å². The molecule has 0 saturated carbocycles. The average molecular weight is 476 g/mol. The molecule has 33 heavy (non-hydrogen) atoms. The third-order valence-corrected chi connectivity index (χ3v) is 6.22. The predicted octanol–water partition coefficient (Wildman–Crippen LogP) is 3.38. The number of piperazine rings is 1. The predicted molar refractivity (Wildman–Crippen MR) is 126 cm³/mol. The van der Waals surface area contributed by atoms with Crippen LogP contribution in [0.3, 0.4) is 0 Å². The number of ether oxygens (including phenoxy) is 1. The lowest BCUT2D eigenvalue weighted by Gasteiger charge is -2.37. The molecule has 1 aliphatic heterocycles. The van der Waals surface area contributed by atoms with Gasteiger partial charge in [0.05, 0.1) is 22.7 Å². The van der Waals surface area contributed by atoms with Crippen molar-refractivity contribution in [2.45, 2.75) is 32.1 Å². The first-order valence-electron chi connectivity index (χ1n) is 10.6. The number of carbonyl (C=O) groups is 2. The number of sulfonamides is 1. The van der Waals surface area contributed by atoms with Crippen LogP contribution in [0.2, 0.25) is 0 Å². The van der Waals surface area contributed by atoms with E-state index in [1.807, 2.05) is 4.90 Å². The van der Waals surface area contributed by atoms with Crippen molar-refractivity contribution < 1.29 is 27.9 Å². The Morgan fingerprint density at radius 3 is 2.24 bits per heavy atom. The number of amides is 1. The number of aromatic carboxylic acids is 1. The van der Waals surface area contributed by atoms with E-state index < -0.39 is 27.7 Å². The second-order valence-corrected chi connectivity index (χ2v) is 10.6. The minimum atomic E-state index is -3.79. The molecule has 0 unspecified atom stereocenters. The van der Waals surface area contributed by atoms with Gasteiger partial charge in [-0.2, -0.15) is 0 Å². The zero-order chi connectivity index (χ0) is 24.2. The molecule has 2 aromatic carbocycles. The molecule has 0 bridgehead atoms. The van der Waals surface area contributed by atoms with E-state index in [2.05, 4.69) is 4.72 Å². The molecule has 1 aliphatic rings. The van der Waals surface area contributed by atoms with E-state index in [4.69, 9.17) is 4.74 Å². The van der Waals surface area contributed by atoms with Crippen LogP contribution in [0.25, 0.3) is 0 Å². The Morgan fingerprint density at radius 2 is 1.67 bits per heavy atom. The van der Waals surface area contributed by atoms with Crippen molar-refractivity contribution in [1.82, 2.24) is 4.90 Å². The first-order valence-corrected chi connectivity index (χ1v) is 12.2. The maximum absolute atomic E-state index is 12.8. The number of rotatable bonds is 6. The van der Waals surface area contributed by atoms with Crippen molar-refractivity contribution in [2.24, 2.45) is 0 Å². The Hall–Kier alpha value is -3.27. The van der Waals surface area contributed by atoms with Crippen molar-refractivity contribution in [3.8, 4) is 0 Å². The van der Waals surface area contributed by atoms with Gasteiger partial charge in [-0.1, -0.05) is 30.3 Å². The minimum absolute atomic E-state index is 0.0245. The summed E-state index contributed by atoms with van der Waals surface area (Å²) in [6.45, 7) is 7.09. The van der Waals surface area contributed by atoms with Crippen LogP contribution in [-0.2, 0) is 20.5 Å². The molecular weight excluding hydrogens is 446 g/mol. The Bertz CT molecular complexity index is 1100. The van der Waals surface area contributed by atoms with Gasteiger partial charge in [0, 0.05) is 26.2 Å². The molecule has 1 saturated heterocycles. The van der Waals surface area contributed by atoms with E-state index in [1.165, 1.54) is 12.1 Å². The molecule has 3 rings (SSSR count). The first-order chi connectivity index (χ1) is 15.4. The summed E-state index contributed by atoms with van der Waals surface area (Å²) in [6, 6.07) is 13.1. The van der Waals surface area contributed by atoms with Crippen LogP contribution >= 0.6 is 0 Å². The van der Waals surface area contributed by atoms with Crippen LogP contribution in [0, 0.1) is 0 Å². The summed E-state index contributed by atoms with van der Waals surface area (Å²) >= 11 is 0. The van der Waals surface area contributed by atoms with Gasteiger partial charge in [-0.15, -0.1) is 0 Å². The first kappa shape index (κ1) is 24.4. The zero-order valence-corrected chi connectivity index (χ0v) is 19.8. The quantitative estimate of drug-likeness (QED) is 0.658. The fourth-order valence-corrected chi connectivity index (χ4v) is 4.68. The van der Waals surface area contributed by atoms with E-state index in [9.17, 15) is 23.1 Å². The van der Waals surface area contributed by atoms with Gasteiger partial charge in [0.25, 0.3) is 0 Å². The van der Waals surface area contributed by atoms with E-state index in [0.717, 1.165) is 0 Å². The van der Waals surface area contributed by atoms with Crippen LogP contribution in [0.1, 0.15) is 36.7 Å². The molecule has 0 radical (unpaired) electrons. The lowest BCUT2D eigenvalue weighted by atomic mass is 10.1. The molecule has 178 valence electrons. The molecule has 2 N–H and O–H groups in total. The number of hydrogen-bond donors (Lipinski definition) is 2. The summed E-state index contributed by atoms with van der Waals surface area (Å²) in [4.78, 5) is 27.3. The third-order valence-electron chi connectivity index (χ3n) is 4.98. The van der Waals surface area contributed by atoms with Gasteiger partial charge in [-0.25, -0.2) is 18.0 Å². The topological polar surface area (TPSA) is 116 Å². The van der Waals surface area contributed by atoms with Crippen LogP contribution in [0.15, 0.2) is 48.5 Å². The van der Waals surface area contributed by atoms with Gasteiger partial charge in [-0.3, -0.25) is 4.72 Å². The molecule has 9 nitrogen and oxygen atoms in total. The highest BCUT2D eigenvalue weighted by atomic mass is 32.2. The number of carboxylic acids is 1. The Kier molecular flexibility index (Phi) is 7.16. The summed E-state index contributed by atoms with van der Waals surface area (Å²) in [5.41, 5.74) is 0.748. The number of anilines is 2. The Labute approximate surface area is 194 Å². The fraction of sp³-hybridized carbons (Fsp3) is 0.391. The summed E-state index contributed by atoms with van der Waals surface area (Å²) < 4.78 is 33.6. The molecule has 10 heteroatoms. The van der Waals surface area contributed by atoms with Gasteiger partial charge >= 0.3 is 12.1 Å². The van der Waals surface area contributed by atoms with Crippen LogP contribution in [0.4, 0.5) is 16.2 Å². The van der Waals surface area contributed by atoms with Gasteiger partial charge in [0.15, 0.2) is 0 Å². The van der Waals surface area contributed by atoms with Gasteiger partial charge in [0.2, 0.25) is 10.0 Å². The number of carboxylic acid groups (broad SMARTS) is 1. The molecule has 1 amide bonds. The second-order valence-electron chi connectivity index (χ2n) is 8.84. The summed E-state index contributed by atoms with van der Waals surface area (Å²) in [5, 5.41) is 9.38. The second kappa shape index (κ2) is 9.70. The summed E-state index contributed by atoms with van der Waals surface area (Å²) in [7, 11) is -3.79.